The molecule has 0 amide bonds. The summed E-state index contributed by atoms with van der Waals surface area (Å²) in [5, 5.41) is 5.06. The highest BCUT2D eigenvalue weighted by Gasteiger charge is 2.16. The number of nitrogens with two attached hydrogens (primary N) is 1. The predicted molar refractivity (Wildman–Crippen MR) is 105 cm³/mol. The fourth-order valence-corrected chi connectivity index (χ4v) is 4.01. The Morgan fingerprint density at radius 3 is 2.61 bits per heavy atom. The molecule has 8 nitrogen and oxygen atoms in total. The van der Waals surface area contributed by atoms with Crippen molar-refractivity contribution in [3.05, 3.63) is 41.7 Å². The number of hydrogen-bond acceptors (Lipinski definition) is 5. The van der Waals surface area contributed by atoms with E-state index >= 15 is 0 Å². The maximum Gasteiger partial charge on any atom is 0.264 e. The summed E-state index contributed by atoms with van der Waals surface area (Å²) >= 11 is 1.74. The maximum atomic E-state index is 12.4. The van der Waals surface area contributed by atoms with E-state index in [-0.39, 0.29) is 35.7 Å². The predicted octanol–water partition coefficient (Wildman–Crippen LogP) is -7.27. The lowest BCUT2D eigenvalue weighted by Gasteiger charge is -2.12. The minimum Gasteiger partial charge on any atom is -1.00 e. The Morgan fingerprint density at radius 2 is 2.00 bits per heavy atom. The van der Waals surface area contributed by atoms with E-state index in [9.17, 15) is 8.42 Å². The number of guanidine groups is 1. The summed E-state index contributed by atoms with van der Waals surface area (Å²) in [5.74, 6) is 1.89. The first-order valence-corrected chi connectivity index (χ1v) is 11.0. The summed E-state index contributed by atoms with van der Waals surface area (Å²) in [6.07, 6.45) is 1.81. The van der Waals surface area contributed by atoms with Gasteiger partial charge in [0.15, 0.2) is 6.34 Å². The highest BCUT2D eigenvalue weighted by atomic mass is 35.5. The molecule has 0 saturated heterocycles. The molecular formula is C16H26Cl2N6O2S2. The number of quaternary nitrogens is 2. The monoisotopic (exact) mass is 468 g/mol. The Morgan fingerprint density at radius 1 is 1.29 bits per heavy atom. The molecule has 1 aromatic rings. The molecule has 2 rings (SSSR count). The third-order valence-electron chi connectivity index (χ3n) is 3.50. The molecular weight excluding hydrogens is 443 g/mol. The number of aliphatic imine (C=N–C) groups is 2. The fourth-order valence-electron chi connectivity index (χ4n) is 2.10. The van der Waals surface area contributed by atoms with Crippen molar-refractivity contribution in [2.45, 2.75) is 11.8 Å². The summed E-state index contributed by atoms with van der Waals surface area (Å²) in [5.41, 5.74) is 6.02. The van der Waals surface area contributed by atoms with Gasteiger partial charge in [0.05, 0.1) is 18.0 Å². The van der Waals surface area contributed by atoms with Crippen LogP contribution < -0.4 is 45.9 Å². The van der Waals surface area contributed by atoms with E-state index in [1.807, 2.05) is 18.6 Å². The molecule has 1 aliphatic rings. The molecule has 0 bridgehead atoms. The molecule has 0 atom stereocenters. The third-order valence-corrected chi connectivity index (χ3v) is 5.83. The molecule has 0 saturated carbocycles. The van der Waals surface area contributed by atoms with E-state index in [1.54, 1.807) is 42.1 Å². The molecule has 158 valence electrons. The number of nitrogens with one attached hydrogen (secondary N) is 2. The van der Waals surface area contributed by atoms with E-state index in [4.69, 9.17) is 0 Å². The molecule has 12 heteroatoms. The Hall–Kier alpha value is -1.30. The zero-order valence-electron chi connectivity index (χ0n) is 15.6. The van der Waals surface area contributed by atoms with Gasteiger partial charge in [-0.2, -0.15) is 11.8 Å². The van der Waals surface area contributed by atoms with Gasteiger partial charge >= 0.3 is 0 Å². The van der Waals surface area contributed by atoms with Crippen molar-refractivity contribution in [3.63, 3.8) is 0 Å². The molecule has 1 aliphatic heterocycles. The Labute approximate surface area is 182 Å². The normalized spacial score (nSPS) is 13.7. The van der Waals surface area contributed by atoms with Crippen molar-refractivity contribution in [1.29, 1.82) is 0 Å². The van der Waals surface area contributed by atoms with Crippen LogP contribution in [0, 0.1) is 0 Å². The van der Waals surface area contributed by atoms with Crippen LogP contribution in [0.3, 0.4) is 0 Å². The number of benzene rings is 1. The van der Waals surface area contributed by atoms with Gasteiger partial charge in [-0.25, -0.2) is 23.1 Å². The topological polar surface area (TPSA) is 127 Å². The maximum absolute atomic E-state index is 12.4. The molecule has 28 heavy (non-hydrogen) atoms. The Bertz CT molecular complexity index is 786. The lowest BCUT2D eigenvalue weighted by Crippen LogP contribution is -3.00. The van der Waals surface area contributed by atoms with Gasteiger partial charge in [0.2, 0.25) is 5.96 Å². The van der Waals surface area contributed by atoms with Gasteiger partial charge in [0.1, 0.15) is 11.4 Å². The molecule has 0 aromatic heterocycles. The lowest BCUT2D eigenvalue weighted by atomic mass is 10.4. The molecule has 0 unspecified atom stereocenters. The zero-order valence-corrected chi connectivity index (χ0v) is 18.7. The minimum atomic E-state index is -3.65. The van der Waals surface area contributed by atoms with Crippen molar-refractivity contribution in [2.75, 3.05) is 31.1 Å². The van der Waals surface area contributed by atoms with E-state index < -0.39 is 10.0 Å². The largest absolute Gasteiger partial charge is 1.00 e. The van der Waals surface area contributed by atoms with Gasteiger partial charge < -0.3 is 35.9 Å². The molecule has 7 N–H and O–H groups in total. The minimum absolute atomic E-state index is 0. The summed E-state index contributed by atoms with van der Waals surface area (Å²) in [4.78, 5) is 8.76. The summed E-state index contributed by atoms with van der Waals surface area (Å²) in [7, 11) is -3.65. The van der Waals surface area contributed by atoms with E-state index in [2.05, 4.69) is 25.8 Å². The lowest BCUT2D eigenvalue weighted by molar-refractivity contribution is -0.469. The van der Waals surface area contributed by atoms with Crippen LogP contribution in [0.4, 0.5) is 0 Å². The fraction of sp³-hybridized carbons (Fsp3) is 0.375. The number of halogens is 2. The van der Waals surface area contributed by atoms with Crippen molar-refractivity contribution in [2.24, 2.45) is 9.98 Å². The van der Waals surface area contributed by atoms with Crippen molar-refractivity contribution < 1.29 is 44.3 Å². The van der Waals surface area contributed by atoms with Crippen molar-refractivity contribution in [1.82, 2.24) is 10.0 Å². The quantitative estimate of drug-likeness (QED) is 0.163. The van der Waals surface area contributed by atoms with Gasteiger partial charge in [0.25, 0.3) is 10.0 Å². The molecule has 1 heterocycles. The van der Waals surface area contributed by atoms with Crippen LogP contribution in [-0.2, 0) is 10.0 Å². The SMILES string of the molecule is CC1=C(CSCCNC(=NCC[NH3+])NS(=O)(=O)c2ccccc2)N=C[NH2+]1.[Cl-].[Cl-]. The second-order valence-electron chi connectivity index (χ2n) is 5.56. The molecule has 0 radical (unpaired) electrons. The highest BCUT2D eigenvalue weighted by Crippen LogP contribution is 2.11. The first-order valence-electron chi connectivity index (χ1n) is 8.33. The van der Waals surface area contributed by atoms with Crippen LogP contribution in [0.1, 0.15) is 6.92 Å². The molecule has 0 fully saturated rings. The van der Waals surface area contributed by atoms with Crippen molar-refractivity contribution in [3.8, 4) is 0 Å². The first-order chi connectivity index (χ1) is 12.5. The summed E-state index contributed by atoms with van der Waals surface area (Å²) in [6, 6.07) is 8.24. The van der Waals surface area contributed by atoms with Crippen molar-refractivity contribution >= 4 is 34.1 Å². The first kappa shape index (κ1) is 26.7. The number of hydrogen-bond donors (Lipinski definition) is 4. The van der Waals surface area contributed by atoms with Crippen LogP contribution >= 0.6 is 11.8 Å². The van der Waals surface area contributed by atoms with Crippen LogP contribution in [0.25, 0.3) is 0 Å². The average molecular weight is 469 g/mol. The number of allylic oxidation sites excluding steroid dienone is 1. The number of nitrogens with zero attached hydrogens (tertiary/aromatic N) is 2. The van der Waals surface area contributed by atoms with Crippen LogP contribution in [0.15, 0.2) is 56.6 Å². The standard InChI is InChI=1S/C16H24N6O2S2.2ClH/c1-13-15(21-12-20-13)11-25-10-9-19-16(18-8-7-17)22-26(23,24)14-5-3-2-4-6-14;;/h2-6,12H,7-11,17H2,1H3,(H,20,21)(H2,18,19,22);2*1H. The summed E-state index contributed by atoms with van der Waals surface area (Å²) < 4.78 is 27.4. The molecule has 0 spiro atoms. The van der Waals surface area contributed by atoms with Crippen LogP contribution in [0.5, 0.6) is 0 Å². The summed E-state index contributed by atoms with van der Waals surface area (Å²) in [6.45, 7) is 3.68. The van der Waals surface area contributed by atoms with E-state index in [1.165, 1.54) is 5.70 Å². The van der Waals surface area contributed by atoms with Gasteiger partial charge in [-0.1, -0.05) is 18.2 Å². The zero-order chi connectivity index (χ0) is 18.8. The van der Waals surface area contributed by atoms with Crippen LogP contribution in [0.2, 0.25) is 0 Å². The second kappa shape index (κ2) is 13.8. The third kappa shape index (κ3) is 8.80. The van der Waals surface area contributed by atoms with Gasteiger partial charge in [-0.3, -0.25) is 5.32 Å². The average Bonchev–Trinajstić information content (AvgIpc) is 3.04. The van der Waals surface area contributed by atoms with Gasteiger partial charge in [-0.15, -0.1) is 0 Å². The smallest absolute Gasteiger partial charge is 0.264 e. The van der Waals surface area contributed by atoms with Crippen LogP contribution in [-0.4, -0.2) is 51.9 Å². The Kier molecular flexibility index (Phi) is 13.2. The van der Waals surface area contributed by atoms with Gasteiger partial charge in [0, 0.05) is 25.0 Å². The highest BCUT2D eigenvalue weighted by molar-refractivity contribution is 7.99. The molecule has 0 aliphatic carbocycles. The van der Waals surface area contributed by atoms with E-state index in [0.29, 0.717) is 19.6 Å². The molecule has 1 aromatic carbocycles. The number of rotatable bonds is 9. The number of thioether (sulfide) groups is 1. The van der Waals surface area contributed by atoms with E-state index in [0.717, 1.165) is 17.2 Å². The Balaban J connectivity index is 0.00000364. The second-order valence-corrected chi connectivity index (χ2v) is 8.34. The van der Waals surface area contributed by atoms with Gasteiger partial charge in [-0.05, 0) is 12.1 Å². The number of sulfonamides is 1.